The number of rotatable bonds is 3. The zero-order chi connectivity index (χ0) is 9.90. The molecule has 0 amide bonds. The Kier molecular flexibility index (Phi) is 2.86. The predicted molar refractivity (Wildman–Crippen MR) is 51.7 cm³/mol. The molecule has 1 rings (SSSR count). The lowest BCUT2D eigenvalue weighted by Crippen LogP contribution is -2.11. The summed E-state index contributed by atoms with van der Waals surface area (Å²) in [6, 6.07) is 0. The minimum Gasteiger partial charge on any atom is -0.328 e. The normalized spacial score (nSPS) is 11.6. The van der Waals surface area contributed by atoms with Gasteiger partial charge in [0.05, 0.1) is 12.5 Å². The van der Waals surface area contributed by atoms with Crippen molar-refractivity contribution in [1.82, 2.24) is 9.55 Å². The molecule has 13 heavy (non-hydrogen) atoms. The number of imidazole rings is 1. The first-order valence-corrected chi connectivity index (χ1v) is 4.48. The second-order valence-electron chi connectivity index (χ2n) is 4.44. The first-order valence-electron chi connectivity index (χ1n) is 4.48. The molecule has 1 aromatic rings. The van der Waals surface area contributed by atoms with E-state index in [0.717, 1.165) is 19.3 Å². The van der Waals surface area contributed by atoms with Gasteiger partial charge in [0, 0.05) is 6.54 Å². The van der Waals surface area contributed by atoms with Crippen molar-refractivity contribution in [2.45, 2.75) is 33.7 Å². The number of carbonyl (C=O) groups is 1. The molecular weight excluding hydrogens is 164 g/mol. The van der Waals surface area contributed by atoms with Gasteiger partial charge < -0.3 is 4.57 Å². The molecule has 0 aliphatic heterocycles. The third-order valence-electron chi connectivity index (χ3n) is 1.97. The number of aromatic nitrogens is 2. The van der Waals surface area contributed by atoms with Crippen molar-refractivity contribution in [2.24, 2.45) is 5.41 Å². The first-order chi connectivity index (χ1) is 6.03. The van der Waals surface area contributed by atoms with E-state index in [1.54, 1.807) is 12.5 Å². The second kappa shape index (κ2) is 3.73. The van der Waals surface area contributed by atoms with Crippen LogP contribution in [0.4, 0.5) is 0 Å². The molecule has 1 aromatic heterocycles. The van der Waals surface area contributed by atoms with E-state index in [-0.39, 0.29) is 0 Å². The topological polar surface area (TPSA) is 34.9 Å². The summed E-state index contributed by atoms with van der Waals surface area (Å²) in [7, 11) is 0. The molecule has 0 atom stereocenters. The van der Waals surface area contributed by atoms with Gasteiger partial charge in [-0.1, -0.05) is 20.8 Å². The first kappa shape index (κ1) is 9.96. The zero-order valence-electron chi connectivity index (χ0n) is 8.45. The van der Waals surface area contributed by atoms with E-state index >= 15 is 0 Å². The Labute approximate surface area is 78.8 Å². The Bertz CT molecular complexity index is 283. The van der Waals surface area contributed by atoms with Gasteiger partial charge in [-0.3, -0.25) is 4.79 Å². The van der Waals surface area contributed by atoms with E-state index in [1.165, 1.54) is 0 Å². The van der Waals surface area contributed by atoms with Gasteiger partial charge in [0.1, 0.15) is 5.69 Å². The number of aryl methyl sites for hydroxylation is 1. The highest BCUT2D eigenvalue weighted by Crippen LogP contribution is 2.19. The minimum atomic E-state index is 0.296. The maximum Gasteiger partial charge on any atom is 0.168 e. The van der Waals surface area contributed by atoms with Gasteiger partial charge in [0.2, 0.25) is 0 Å². The summed E-state index contributed by atoms with van der Waals surface area (Å²) >= 11 is 0. The second-order valence-corrected chi connectivity index (χ2v) is 4.44. The summed E-state index contributed by atoms with van der Waals surface area (Å²) in [5.41, 5.74) is 0.953. The fraction of sp³-hybridized carbons (Fsp3) is 0.600. The van der Waals surface area contributed by atoms with Crippen LogP contribution in [0.2, 0.25) is 0 Å². The molecule has 0 fully saturated rings. The monoisotopic (exact) mass is 180 g/mol. The fourth-order valence-electron chi connectivity index (χ4n) is 1.07. The third kappa shape index (κ3) is 3.01. The highest BCUT2D eigenvalue weighted by atomic mass is 16.1. The highest BCUT2D eigenvalue weighted by molar-refractivity contribution is 5.71. The standard InChI is InChI=1S/C10H16N2O/c1-10(2,3)4-5-12-8-11-6-9(12)7-13/h6-8H,4-5H2,1-3H3. The Morgan fingerprint density at radius 2 is 2.23 bits per heavy atom. The maximum absolute atomic E-state index is 10.6. The van der Waals surface area contributed by atoms with Crippen molar-refractivity contribution in [3.8, 4) is 0 Å². The van der Waals surface area contributed by atoms with E-state index in [1.807, 2.05) is 4.57 Å². The number of nitrogens with zero attached hydrogens (tertiary/aromatic N) is 2. The Balaban J connectivity index is 2.59. The lowest BCUT2D eigenvalue weighted by molar-refractivity contribution is 0.111. The van der Waals surface area contributed by atoms with Crippen LogP contribution in [0, 0.1) is 5.41 Å². The number of hydrogen-bond donors (Lipinski definition) is 0. The van der Waals surface area contributed by atoms with Crippen LogP contribution in [-0.4, -0.2) is 15.8 Å². The SMILES string of the molecule is CC(C)(C)CCn1cncc1C=O. The molecular formula is C10H16N2O. The molecule has 0 radical (unpaired) electrons. The van der Waals surface area contributed by atoms with Crippen molar-refractivity contribution in [3.05, 3.63) is 18.2 Å². The van der Waals surface area contributed by atoms with Crippen LogP contribution in [0.3, 0.4) is 0 Å². The molecule has 1 heterocycles. The molecule has 72 valence electrons. The largest absolute Gasteiger partial charge is 0.328 e. The van der Waals surface area contributed by atoms with E-state index in [2.05, 4.69) is 25.8 Å². The van der Waals surface area contributed by atoms with E-state index < -0.39 is 0 Å². The molecule has 3 nitrogen and oxygen atoms in total. The molecule has 0 N–H and O–H groups in total. The predicted octanol–water partition coefficient (Wildman–Crippen LogP) is 2.13. The van der Waals surface area contributed by atoms with Gasteiger partial charge in [-0.15, -0.1) is 0 Å². The molecule has 0 spiro atoms. The van der Waals surface area contributed by atoms with E-state index in [0.29, 0.717) is 11.1 Å². The van der Waals surface area contributed by atoms with Gasteiger partial charge in [-0.05, 0) is 11.8 Å². The Morgan fingerprint density at radius 1 is 1.54 bits per heavy atom. The van der Waals surface area contributed by atoms with Crippen molar-refractivity contribution < 1.29 is 4.79 Å². The summed E-state index contributed by atoms with van der Waals surface area (Å²) in [5.74, 6) is 0. The lowest BCUT2D eigenvalue weighted by atomic mass is 9.92. The summed E-state index contributed by atoms with van der Waals surface area (Å²) in [5, 5.41) is 0. The smallest absolute Gasteiger partial charge is 0.168 e. The fourth-order valence-corrected chi connectivity index (χ4v) is 1.07. The molecule has 0 saturated heterocycles. The van der Waals surface area contributed by atoms with Gasteiger partial charge in [-0.25, -0.2) is 4.98 Å². The lowest BCUT2D eigenvalue weighted by Gasteiger charge is -2.18. The highest BCUT2D eigenvalue weighted by Gasteiger charge is 2.10. The Morgan fingerprint density at radius 3 is 2.77 bits per heavy atom. The minimum absolute atomic E-state index is 0.296. The average molecular weight is 180 g/mol. The summed E-state index contributed by atoms with van der Waals surface area (Å²) in [4.78, 5) is 14.5. The van der Waals surface area contributed by atoms with Gasteiger partial charge >= 0.3 is 0 Å². The Hall–Kier alpha value is -1.12. The van der Waals surface area contributed by atoms with Crippen molar-refractivity contribution >= 4 is 6.29 Å². The maximum atomic E-state index is 10.6. The van der Waals surface area contributed by atoms with Crippen molar-refractivity contribution in [1.29, 1.82) is 0 Å². The van der Waals surface area contributed by atoms with Crippen LogP contribution in [-0.2, 0) is 6.54 Å². The molecule has 0 bridgehead atoms. The third-order valence-corrected chi connectivity index (χ3v) is 1.97. The van der Waals surface area contributed by atoms with Crippen LogP contribution in [0.25, 0.3) is 0 Å². The molecule has 0 aliphatic carbocycles. The molecule has 3 heteroatoms. The van der Waals surface area contributed by atoms with Gasteiger partial charge in [0.15, 0.2) is 6.29 Å². The number of carbonyl (C=O) groups excluding carboxylic acids is 1. The summed E-state index contributed by atoms with van der Waals surface area (Å²) in [6.45, 7) is 7.41. The summed E-state index contributed by atoms with van der Waals surface area (Å²) < 4.78 is 1.89. The van der Waals surface area contributed by atoms with Crippen LogP contribution in [0.5, 0.6) is 0 Å². The van der Waals surface area contributed by atoms with Gasteiger partial charge in [0.25, 0.3) is 0 Å². The van der Waals surface area contributed by atoms with E-state index in [9.17, 15) is 4.79 Å². The van der Waals surface area contributed by atoms with Crippen molar-refractivity contribution in [3.63, 3.8) is 0 Å². The molecule has 0 aliphatic rings. The summed E-state index contributed by atoms with van der Waals surface area (Å²) in [6.07, 6.45) is 5.19. The quantitative estimate of drug-likeness (QED) is 0.668. The number of aldehydes is 1. The molecule has 0 unspecified atom stereocenters. The zero-order valence-corrected chi connectivity index (χ0v) is 8.45. The van der Waals surface area contributed by atoms with Crippen LogP contribution in [0.15, 0.2) is 12.5 Å². The van der Waals surface area contributed by atoms with Crippen LogP contribution < -0.4 is 0 Å². The molecule has 0 saturated carbocycles. The van der Waals surface area contributed by atoms with Crippen molar-refractivity contribution in [2.75, 3.05) is 0 Å². The van der Waals surface area contributed by atoms with E-state index in [4.69, 9.17) is 0 Å². The van der Waals surface area contributed by atoms with Crippen LogP contribution in [0.1, 0.15) is 37.7 Å². The van der Waals surface area contributed by atoms with Crippen LogP contribution >= 0.6 is 0 Å². The number of hydrogen-bond acceptors (Lipinski definition) is 2. The average Bonchev–Trinajstić information content (AvgIpc) is 2.46. The van der Waals surface area contributed by atoms with Gasteiger partial charge in [-0.2, -0.15) is 0 Å². The molecule has 0 aromatic carbocycles.